The summed E-state index contributed by atoms with van der Waals surface area (Å²) in [4.78, 5) is 11.9. The molecule has 0 saturated heterocycles. The van der Waals surface area contributed by atoms with E-state index in [0.29, 0.717) is 11.6 Å². The average Bonchev–Trinajstić information content (AvgIpc) is 3.22. The zero-order valence-electron chi connectivity index (χ0n) is 11.3. The number of rotatable bonds is 6. The summed E-state index contributed by atoms with van der Waals surface area (Å²) in [6.45, 7) is 2.66. The van der Waals surface area contributed by atoms with Crippen LogP contribution in [0.2, 0.25) is 15.1 Å². The second-order valence-electron chi connectivity index (χ2n) is 5.34. The van der Waals surface area contributed by atoms with Crippen molar-refractivity contribution in [1.82, 2.24) is 0 Å². The van der Waals surface area contributed by atoms with Gasteiger partial charge in [0.1, 0.15) is 0 Å². The molecular weight excluding hydrogens is 319 g/mol. The minimum atomic E-state index is -0.474. The maximum atomic E-state index is 11.9. The van der Waals surface area contributed by atoms with Gasteiger partial charge in [-0.15, -0.1) is 0 Å². The van der Waals surface area contributed by atoms with Crippen molar-refractivity contribution in [3.8, 4) is 0 Å². The number of hydrogen-bond donors (Lipinski definition) is 0. The molecule has 0 radical (unpaired) electrons. The molecule has 0 spiro atoms. The molecule has 1 aliphatic carbocycles. The van der Waals surface area contributed by atoms with Crippen molar-refractivity contribution in [2.45, 2.75) is 32.6 Å². The molecule has 20 heavy (non-hydrogen) atoms. The van der Waals surface area contributed by atoms with Crippen molar-refractivity contribution < 1.29 is 9.53 Å². The smallest absolute Gasteiger partial charge is 0.339 e. The van der Waals surface area contributed by atoms with E-state index in [2.05, 4.69) is 6.92 Å². The second kappa shape index (κ2) is 7.02. The van der Waals surface area contributed by atoms with E-state index in [9.17, 15) is 4.79 Å². The Morgan fingerprint density at radius 1 is 1.35 bits per heavy atom. The highest BCUT2D eigenvalue weighted by molar-refractivity contribution is 6.45. The van der Waals surface area contributed by atoms with E-state index in [1.807, 2.05) is 0 Å². The van der Waals surface area contributed by atoms with Gasteiger partial charge in [-0.25, -0.2) is 4.79 Å². The maximum Gasteiger partial charge on any atom is 0.339 e. The molecule has 5 heteroatoms. The molecule has 0 amide bonds. The Labute approximate surface area is 134 Å². The first-order valence-electron chi connectivity index (χ1n) is 6.80. The molecule has 1 aromatic rings. The second-order valence-corrected chi connectivity index (χ2v) is 6.56. The van der Waals surface area contributed by atoms with Crippen LogP contribution in [0.25, 0.3) is 0 Å². The van der Waals surface area contributed by atoms with Gasteiger partial charge in [0.05, 0.1) is 22.2 Å². The maximum absolute atomic E-state index is 11.9. The predicted octanol–water partition coefficient (Wildman–Crippen LogP) is 5.63. The van der Waals surface area contributed by atoms with Gasteiger partial charge in [0.15, 0.2) is 0 Å². The Bertz CT molecular complexity index is 498. The molecule has 110 valence electrons. The van der Waals surface area contributed by atoms with Gasteiger partial charge in [-0.05, 0) is 49.7 Å². The van der Waals surface area contributed by atoms with Gasteiger partial charge in [0, 0.05) is 5.02 Å². The summed E-state index contributed by atoms with van der Waals surface area (Å²) in [5, 5.41) is 0.814. The number of halogens is 3. The van der Waals surface area contributed by atoms with E-state index in [1.54, 1.807) is 0 Å². The van der Waals surface area contributed by atoms with Gasteiger partial charge in [0.2, 0.25) is 0 Å². The highest BCUT2D eigenvalue weighted by atomic mass is 35.5. The van der Waals surface area contributed by atoms with Crippen LogP contribution in [0.1, 0.15) is 43.0 Å². The van der Waals surface area contributed by atoms with Gasteiger partial charge < -0.3 is 4.74 Å². The molecule has 0 heterocycles. The van der Waals surface area contributed by atoms with Crippen molar-refractivity contribution in [3.05, 3.63) is 32.8 Å². The van der Waals surface area contributed by atoms with Crippen LogP contribution in [-0.4, -0.2) is 12.6 Å². The first-order valence-corrected chi connectivity index (χ1v) is 7.94. The Balaban J connectivity index is 1.82. The summed E-state index contributed by atoms with van der Waals surface area (Å²) >= 11 is 17.7. The number of ether oxygens (including phenoxy) is 1. The average molecular weight is 336 g/mol. The van der Waals surface area contributed by atoms with Crippen molar-refractivity contribution >= 4 is 40.8 Å². The van der Waals surface area contributed by atoms with Crippen molar-refractivity contribution in [1.29, 1.82) is 0 Å². The molecule has 1 saturated carbocycles. The van der Waals surface area contributed by atoms with Crippen LogP contribution in [0.15, 0.2) is 12.1 Å². The summed E-state index contributed by atoms with van der Waals surface area (Å²) in [5.74, 6) is 1.13. The van der Waals surface area contributed by atoms with Crippen LogP contribution in [0.5, 0.6) is 0 Å². The zero-order valence-corrected chi connectivity index (χ0v) is 13.6. The van der Waals surface area contributed by atoms with Gasteiger partial charge in [-0.3, -0.25) is 0 Å². The SMILES string of the molecule is CC(CCCOC(=O)c1cc(Cl)cc(Cl)c1Cl)C1CC1. The van der Waals surface area contributed by atoms with Crippen LogP contribution in [0, 0.1) is 11.8 Å². The van der Waals surface area contributed by atoms with E-state index < -0.39 is 5.97 Å². The third kappa shape index (κ3) is 4.28. The Kier molecular flexibility index (Phi) is 5.59. The van der Waals surface area contributed by atoms with E-state index in [-0.39, 0.29) is 15.6 Å². The van der Waals surface area contributed by atoms with Crippen molar-refractivity contribution in [3.63, 3.8) is 0 Å². The number of carbonyl (C=O) groups is 1. The molecule has 1 fully saturated rings. The zero-order chi connectivity index (χ0) is 14.7. The molecule has 1 unspecified atom stereocenters. The molecule has 2 rings (SSSR count). The van der Waals surface area contributed by atoms with E-state index in [1.165, 1.54) is 25.0 Å². The number of benzene rings is 1. The van der Waals surface area contributed by atoms with Crippen LogP contribution in [0.3, 0.4) is 0 Å². The lowest BCUT2D eigenvalue weighted by Gasteiger charge is -2.11. The quantitative estimate of drug-likeness (QED) is 0.382. The van der Waals surface area contributed by atoms with Gasteiger partial charge in [-0.1, -0.05) is 41.7 Å². The fraction of sp³-hybridized carbons (Fsp3) is 0.533. The lowest BCUT2D eigenvalue weighted by atomic mass is 10.0. The monoisotopic (exact) mass is 334 g/mol. The highest BCUT2D eigenvalue weighted by Crippen LogP contribution is 2.38. The third-order valence-corrected chi connectivity index (χ3v) is 4.70. The third-order valence-electron chi connectivity index (χ3n) is 3.68. The Morgan fingerprint density at radius 3 is 2.70 bits per heavy atom. The molecule has 1 aromatic carbocycles. The lowest BCUT2D eigenvalue weighted by Crippen LogP contribution is -2.09. The number of esters is 1. The lowest BCUT2D eigenvalue weighted by molar-refractivity contribution is 0.0493. The van der Waals surface area contributed by atoms with E-state index >= 15 is 0 Å². The molecule has 0 N–H and O–H groups in total. The molecule has 0 bridgehead atoms. The van der Waals surface area contributed by atoms with Gasteiger partial charge in [0.25, 0.3) is 0 Å². The van der Waals surface area contributed by atoms with E-state index in [0.717, 1.165) is 24.7 Å². The number of hydrogen-bond acceptors (Lipinski definition) is 2. The van der Waals surface area contributed by atoms with Crippen LogP contribution in [0.4, 0.5) is 0 Å². The summed E-state index contributed by atoms with van der Waals surface area (Å²) in [7, 11) is 0. The van der Waals surface area contributed by atoms with E-state index in [4.69, 9.17) is 39.5 Å². The molecule has 2 nitrogen and oxygen atoms in total. The Morgan fingerprint density at radius 2 is 2.05 bits per heavy atom. The standard InChI is InChI=1S/C15H17Cl3O2/c1-9(10-4-5-10)3-2-6-20-15(19)12-7-11(16)8-13(17)14(12)18/h7-10H,2-6H2,1H3. The van der Waals surface area contributed by atoms with Crippen LogP contribution < -0.4 is 0 Å². The predicted molar refractivity (Wildman–Crippen MR) is 82.9 cm³/mol. The molecule has 1 atom stereocenters. The molecular formula is C15H17Cl3O2. The topological polar surface area (TPSA) is 26.3 Å². The summed E-state index contributed by atoms with van der Waals surface area (Å²) in [5.41, 5.74) is 0.222. The largest absolute Gasteiger partial charge is 0.462 e. The number of carbonyl (C=O) groups excluding carboxylic acids is 1. The molecule has 1 aliphatic rings. The first kappa shape index (κ1) is 15.9. The van der Waals surface area contributed by atoms with Gasteiger partial charge in [-0.2, -0.15) is 0 Å². The van der Waals surface area contributed by atoms with Crippen molar-refractivity contribution in [2.75, 3.05) is 6.61 Å². The van der Waals surface area contributed by atoms with Crippen molar-refractivity contribution in [2.24, 2.45) is 11.8 Å². The van der Waals surface area contributed by atoms with Crippen LogP contribution in [-0.2, 0) is 4.74 Å². The summed E-state index contributed by atoms with van der Waals surface area (Å²) in [6, 6.07) is 2.98. The van der Waals surface area contributed by atoms with Crippen LogP contribution >= 0.6 is 34.8 Å². The Hall–Kier alpha value is -0.440. The fourth-order valence-corrected chi connectivity index (χ4v) is 2.93. The highest BCUT2D eigenvalue weighted by Gasteiger charge is 2.27. The first-order chi connectivity index (χ1) is 9.49. The normalized spacial score (nSPS) is 16.0. The molecule has 0 aliphatic heterocycles. The molecule has 0 aromatic heterocycles. The van der Waals surface area contributed by atoms with Gasteiger partial charge >= 0.3 is 5.97 Å². The minimum absolute atomic E-state index is 0.187. The fourth-order valence-electron chi connectivity index (χ4n) is 2.25. The minimum Gasteiger partial charge on any atom is -0.462 e. The summed E-state index contributed by atoms with van der Waals surface area (Å²) < 4.78 is 5.23. The summed E-state index contributed by atoms with van der Waals surface area (Å²) in [6.07, 6.45) is 4.65.